The van der Waals surface area contributed by atoms with E-state index in [0.717, 1.165) is 5.75 Å². The number of rotatable bonds is 5. The van der Waals surface area contributed by atoms with Crippen molar-refractivity contribution in [2.45, 2.75) is 17.8 Å². The molecule has 8 heteroatoms. The summed E-state index contributed by atoms with van der Waals surface area (Å²) < 4.78 is 13.1. The molecule has 0 aromatic heterocycles. The second-order valence-electron chi connectivity index (χ2n) is 7.37. The lowest BCUT2D eigenvalue weighted by molar-refractivity contribution is -0.151. The van der Waals surface area contributed by atoms with Crippen LogP contribution in [-0.2, 0) is 15.3 Å². The van der Waals surface area contributed by atoms with Gasteiger partial charge in [0.15, 0.2) is 0 Å². The van der Waals surface area contributed by atoms with Gasteiger partial charge >= 0.3 is 0 Å². The maximum Gasteiger partial charge on any atom is 0.254 e. The van der Waals surface area contributed by atoms with Crippen LogP contribution in [0.3, 0.4) is 0 Å². The summed E-state index contributed by atoms with van der Waals surface area (Å²) in [5, 5.41) is 2.82. The molecule has 0 saturated carbocycles. The van der Waals surface area contributed by atoms with Crippen LogP contribution >= 0.6 is 11.8 Å². The van der Waals surface area contributed by atoms with Gasteiger partial charge in [0.05, 0.1) is 6.54 Å². The standard InChI is InChI=1S/C22H22FN3O3S/c23-17-8-6-16(7-9-17)21(28)25-10-11-26-19(12-25)20(27)24-18(22(26)29)14-30-13-15-4-2-1-3-5-15/h1-9,18-19H,10-14H2,(H,24,27)/t18-,19+/m0/s1. The molecule has 4 rings (SSSR count). The van der Waals surface area contributed by atoms with Crippen molar-refractivity contribution in [3.8, 4) is 0 Å². The van der Waals surface area contributed by atoms with E-state index >= 15 is 0 Å². The minimum absolute atomic E-state index is 0.103. The van der Waals surface area contributed by atoms with Crippen molar-refractivity contribution in [2.75, 3.05) is 25.4 Å². The fourth-order valence-corrected chi connectivity index (χ4v) is 4.75. The third kappa shape index (κ3) is 4.33. The number of thioether (sulfide) groups is 1. The highest BCUT2D eigenvalue weighted by molar-refractivity contribution is 7.98. The molecule has 2 aromatic rings. The number of piperazine rings is 2. The van der Waals surface area contributed by atoms with E-state index in [0.29, 0.717) is 24.4 Å². The molecule has 0 unspecified atom stereocenters. The van der Waals surface area contributed by atoms with Crippen LogP contribution in [0, 0.1) is 5.82 Å². The van der Waals surface area contributed by atoms with Crippen LogP contribution < -0.4 is 5.32 Å². The lowest BCUT2D eigenvalue weighted by Crippen LogP contribution is -2.70. The monoisotopic (exact) mass is 427 g/mol. The topological polar surface area (TPSA) is 69.7 Å². The Morgan fingerprint density at radius 3 is 2.53 bits per heavy atom. The van der Waals surface area contributed by atoms with Crippen molar-refractivity contribution in [1.82, 2.24) is 15.1 Å². The largest absolute Gasteiger partial charge is 0.342 e. The van der Waals surface area contributed by atoms with E-state index in [2.05, 4.69) is 5.32 Å². The number of hydrogen-bond donors (Lipinski definition) is 1. The molecule has 0 bridgehead atoms. The van der Waals surface area contributed by atoms with Crippen molar-refractivity contribution in [3.63, 3.8) is 0 Å². The average molecular weight is 428 g/mol. The number of nitrogens with zero attached hydrogens (tertiary/aromatic N) is 2. The highest BCUT2D eigenvalue weighted by atomic mass is 32.2. The number of hydrogen-bond acceptors (Lipinski definition) is 4. The second kappa shape index (κ2) is 8.87. The zero-order valence-electron chi connectivity index (χ0n) is 16.3. The third-order valence-electron chi connectivity index (χ3n) is 5.36. The Balaban J connectivity index is 1.35. The van der Waals surface area contributed by atoms with Crippen molar-refractivity contribution in [1.29, 1.82) is 0 Å². The number of amides is 3. The summed E-state index contributed by atoms with van der Waals surface area (Å²) in [6.07, 6.45) is 0. The molecule has 0 spiro atoms. The third-order valence-corrected chi connectivity index (χ3v) is 6.46. The van der Waals surface area contributed by atoms with Crippen molar-refractivity contribution in [2.24, 2.45) is 0 Å². The second-order valence-corrected chi connectivity index (χ2v) is 8.40. The van der Waals surface area contributed by atoms with Crippen LogP contribution in [0.15, 0.2) is 54.6 Å². The Bertz CT molecular complexity index is 938. The molecule has 2 aliphatic rings. The number of nitrogens with one attached hydrogen (secondary N) is 1. The maximum absolute atomic E-state index is 13.1. The first kappa shape index (κ1) is 20.4. The number of carbonyl (C=O) groups is 3. The molecule has 30 heavy (non-hydrogen) atoms. The minimum Gasteiger partial charge on any atom is -0.342 e. The van der Waals surface area contributed by atoms with E-state index in [4.69, 9.17) is 0 Å². The van der Waals surface area contributed by atoms with Gasteiger partial charge in [0.2, 0.25) is 11.8 Å². The SMILES string of the molecule is O=C1N[C@@H](CSCc2ccccc2)C(=O)N2CCN(C(=O)c3ccc(F)cc3)C[C@H]12. The van der Waals surface area contributed by atoms with Crippen molar-refractivity contribution in [3.05, 3.63) is 71.5 Å². The summed E-state index contributed by atoms with van der Waals surface area (Å²) in [5.74, 6) is 0.246. The summed E-state index contributed by atoms with van der Waals surface area (Å²) in [6.45, 7) is 0.789. The van der Waals surface area contributed by atoms with Crippen LogP contribution in [0.5, 0.6) is 0 Å². The summed E-state index contributed by atoms with van der Waals surface area (Å²) in [5.41, 5.74) is 1.53. The Morgan fingerprint density at radius 2 is 1.80 bits per heavy atom. The Kier molecular flexibility index (Phi) is 6.03. The minimum atomic E-state index is -0.689. The highest BCUT2D eigenvalue weighted by Gasteiger charge is 2.44. The normalized spacial score (nSPS) is 21.2. The van der Waals surface area contributed by atoms with E-state index < -0.39 is 17.9 Å². The molecule has 2 atom stereocenters. The predicted octanol–water partition coefficient (Wildman–Crippen LogP) is 1.91. The van der Waals surface area contributed by atoms with Gasteiger partial charge in [-0.05, 0) is 29.8 Å². The first-order valence-corrected chi connectivity index (χ1v) is 11.0. The van der Waals surface area contributed by atoms with Crippen molar-refractivity contribution >= 4 is 29.5 Å². The molecule has 2 heterocycles. The number of fused-ring (bicyclic) bond motifs is 1. The van der Waals surface area contributed by atoms with E-state index in [1.54, 1.807) is 21.6 Å². The summed E-state index contributed by atoms with van der Waals surface area (Å²) in [7, 11) is 0. The Morgan fingerprint density at radius 1 is 1.07 bits per heavy atom. The van der Waals surface area contributed by atoms with Crippen LogP contribution in [0.25, 0.3) is 0 Å². The summed E-state index contributed by atoms with van der Waals surface area (Å²) in [6, 6.07) is 14.0. The number of halogens is 1. The van der Waals surface area contributed by atoms with Crippen LogP contribution in [-0.4, -0.2) is 65.0 Å². The molecule has 0 aliphatic carbocycles. The van der Waals surface area contributed by atoms with Gasteiger partial charge in [-0.2, -0.15) is 11.8 Å². The van der Waals surface area contributed by atoms with Crippen LogP contribution in [0.4, 0.5) is 4.39 Å². The molecule has 2 saturated heterocycles. The molecular weight excluding hydrogens is 405 g/mol. The first-order valence-electron chi connectivity index (χ1n) is 9.80. The van der Waals surface area contributed by atoms with Gasteiger partial charge in [-0.15, -0.1) is 0 Å². The van der Waals surface area contributed by atoms with E-state index in [1.807, 2.05) is 30.3 Å². The van der Waals surface area contributed by atoms with Gasteiger partial charge in [-0.1, -0.05) is 30.3 Å². The Labute approximate surface area is 178 Å². The molecule has 2 aromatic carbocycles. The van der Waals surface area contributed by atoms with Gasteiger partial charge in [0.1, 0.15) is 17.9 Å². The maximum atomic E-state index is 13.1. The first-order chi connectivity index (χ1) is 14.5. The van der Waals surface area contributed by atoms with Gasteiger partial charge in [-0.25, -0.2) is 4.39 Å². The molecule has 0 radical (unpaired) electrons. The number of benzene rings is 2. The van der Waals surface area contributed by atoms with Crippen LogP contribution in [0.1, 0.15) is 15.9 Å². The highest BCUT2D eigenvalue weighted by Crippen LogP contribution is 2.21. The van der Waals surface area contributed by atoms with E-state index in [1.165, 1.54) is 29.8 Å². The number of carbonyl (C=O) groups excluding carboxylic acids is 3. The molecule has 1 N–H and O–H groups in total. The Hall–Kier alpha value is -2.87. The van der Waals surface area contributed by atoms with Crippen molar-refractivity contribution < 1.29 is 18.8 Å². The molecule has 156 valence electrons. The predicted molar refractivity (Wildman–Crippen MR) is 112 cm³/mol. The fourth-order valence-electron chi connectivity index (χ4n) is 3.74. The molecule has 3 amide bonds. The molecule has 2 aliphatic heterocycles. The zero-order valence-corrected chi connectivity index (χ0v) is 17.1. The summed E-state index contributed by atoms with van der Waals surface area (Å²) in [4.78, 5) is 41.4. The molecule has 2 fully saturated rings. The van der Waals surface area contributed by atoms with Gasteiger partial charge in [0.25, 0.3) is 5.91 Å². The van der Waals surface area contributed by atoms with Gasteiger partial charge in [-0.3, -0.25) is 14.4 Å². The molecule has 6 nitrogen and oxygen atoms in total. The van der Waals surface area contributed by atoms with Crippen LogP contribution in [0.2, 0.25) is 0 Å². The fraction of sp³-hybridized carbons (Fsp3) is 0.318. The lowest BCUT2D eigenvalue weighted by atomic mass is 10.0. The zero-order chi connectivity index (χ0) is 21.1. The summed E-state index contributed by atoms with van der Waals surface area (Å²) >= 11 is 1.60. The van der Waals surface area contributed by atoms with Gasteiger partial charge in [0, 0.05) is 30.2 Å². The lowest BCUT2D eigenvalue weighted by Gasteiger charge is -2.45. The molecular formula is C22H22FN3O3S. The quantitative estimate of drug-likeness (QED) is 0.792. The van der Waals surface area contributed by atoms with E-state index in [-0.39, 0.29) is 24.3 Å². The van der Waals surface area contributed by atoms with Gasteiger partial charge < -0.3 is 15.1 Å². The smallest absolute Gasteiger partial charge is 0.254 e. The average Bonchev–Trinajstić information content (AvgIpc) is 2.77. The van der Waals surface area contributed by atoms with E-state index in [9.17, 15) is 18.8 Å².